The van der Waals surface area contributed by atoms with Crippen LogP contribution in [0.15, 0.2) is 12.1 Å². The van der Waals surface area contributed by atoms with Crippen molar-refractivity contribution in [2.45, 2.75) is 38.6 Å². The van der Waals surface area contributed by atoms with Gasteiger partial charge in [-0.2, -0.15) is 0 Å². The van der Waals surface area contributed by atoms with Crippen molar-refractivity contribution in [3.63, 3.8) is 0 Å². The second-order valence-electron chi connectivity index (χ2n) is 5.15. The van der Waals surface area contributed by atoms with Crippen molar-refractivity contribution >= 4 is 11.6 Å². The van der Waals surface area contributed by atoms with Crippen LogP contribution in [0.4, 0.5) is 14.5 Å². The Morgan fingerprint density at radius 2 is 1.95 bits per heavy atom. The lowest BCUT2D eigenvalue weighted by Crippen LogP contribution is -2.34. The second-order valence-corrected chi connectivity index (χ2v) is 5.15. The van der Waals surface area contributed by atoms with Gasteiger partial charge in [0.2, 0.25) is 0 Å². The summed E-state index contributed by atoms with van der Waals surface area (Å²) in [6.07, 6.45) is 3.85. The van der Waals surface area contributed by atoms with Crippen LogP contribution in [-0.2, 0) is 0 Å². The Kier molecular flexibility index (Phi) is 4.57. The van der Waals surface area contributed by atoms with Crippen molar-refractivity contribution in [2.24, 2.45) is 0 Å². The minimum Gasteiger partial charge on any atom is -0.383 e. The lowest BCUT2D eigenvalue weighted by atomic mass is 10.1. The summed E-state index contributed by atoms with van der Waals surface area (Å²) >= 11 is 0. The minimum absolute atomic E-state index is 0.0852. The van der Waals surface area contributed by atoms with E-state index in [0.29, 0.717) is 6.54 Å². The molecule has 0 saturated heterocycles. The fourth-order valence-electron chi connectivity index (χ4n) is 2.27. The molecule has 0 aromatic heterocycles. The highest BCUT2D eigenvalue weighted by atomic mass is 19.1. The topological polar surface area (TPSA) is 32.3 Å². The van der Waals surface area contributed by atoms with Crippen LogP contribution in [0.25, 0.3) is 0 Å². The van der Waals surface area contributed by atoms with Crippen LogP contribution in [0.1, 0.15) is 43.0 Å². The number of hydrogen-bond acceptors (Lipinski definition) is 2. The molecule has 20 heavy (non-hydrogen) atoms. The Balaban J connectivity index is 2.22. The van der Waals surface area contributed by atoms with Crippen molar-refractivity contribution in [1.29, 1.82) is 0 Å². The summed E-state index contributed by atoms with van der Waals surface area (Å²) in [5, 5.41) is 2.45. The van der Waals surface area contributed by atoms with E-state index in [2.05, 4.69) is 12.2 Å². The molecule has 5 heteroatoms. The number of rotatable bonds is 6. The van der Waals surface area contributed by atoms with Gasteiger partial charge in [0.25, 0.3) is 5.91 Å². The number of unbranched alkanes of at least 4 members (excludes halogenated alkanes) is 1. The lowest BCUT2D eigenvalue weighted by molar-refractivity contribution is 0.0739. The summed E-state index contributed by atoms with van der Waals surface area (Å²) in [5.74, 6) is -1.74. The highest BCUT2D eigenvalue weighted by Crippen LogP contribution is 2.29. The lowest BCUT2D eigenvalue weighted by Gasteiger charge is -2.22. The van der Waals surface area contributed by atoms with Crippen molar-refractivity contribution in [1.82, 2.24) is 4.90 Å². The first kappa shape index (κ1) is 14.8. The summed E-state index contributed by atoms with van der Waals surface area (Å²) in [5.41, 5.74) is -0.116. The van der Waals surface area contributed by atoms with Gasteiger partial charge in [0.05, 0.1) is 0 Å². The van der Waals surface area contributed by atoms with Crippen LogP contribution < -0.4 is 5.32 Å². The fraction of sp³-hybridized carbons (Fsp3) is 0.533. The van der Waals surface area contributed by atoms with Crippen LogP contribution in [0.2, 0.25) is 0 Å². The first-order valence-electron chi connectivity index (χ1n) is 7.06. The third kappa shape index (κ3) is 3.08. The molecule has 0 atom stereocenters. The Bertz CT molecular complexity index is 478. The maximum absolute atomic E-state index is 13.7. The average molecular weight is 282 g/mol. The quantitative estimate of drug-likeness (QED) is 0.867. The third-order valence-electron chi connectivity index (χ3n) is 3.54. The second kappa shape index (κ2) is 6.20. The zero-order valence-electron chi connectivity index (χ0n) is 11.9. The zero-order chi connectivity index (χ0) is 14.7. The standard InChI is InChI=1S/C15H20F2N2O/c1-3-4-7-19(11-5-6-11)15(20)10-8-12(16)14(18-2)13(17)9-10/h8-9,11,18H,3-7H2,1-2H3. The molecular formula is C15H20F2N2O. The van der Waals surface area contributed by atoms with E-state index < -0.39 is 11.6 Å². The molecule has 1 N–H and O–H groups in total. The van der Waals surface area contributed by atoms with Crippen molar-refractivity contribution in [3.05, 3.63) is 29.3 Å². The van der Waals surface area contributed by atoms with E-state index in [4.69, 9.17) is 0 Å². The molecule has 1 amide bonds. The number of carbonyl (C=O) groups is 1. The van der Waals surface area contributed by atoms with E-state index in [0.717, 1.165) is 37.8 Å². The van der Waals surface area contributed by atoms with Gasteiger partial charge in [-0.05, 0) is 31.4 Å². The molecule has 0 bridgehead atoms. The van der Waals surface area contributed by atoms with Crippen molar-refractivity contribution < 1.29 is 13.6 Å². The summed E-state index contributed by atoms with van der Waals surface area (Å²) in [6, 6.07) is 2.46. The highest BCUT2D eigenvalue weighted by molar-refractivity contribution is 5.95. The molecule has 1 saturated carbocycles. The van der Waals surface area contributed by atoms with E-state index >= 15 is 0 Å². The summed E-state index contributed by atoms with van der Waals surface area (Å²) in [4.78, 5) is 14.2. The van der Waals surface area contributed by atoms with Gasteiger partial charge in [-0.3, -0.25) is 4.79 Å². The Morgan fingerprint density at radius 1 is 1.35 bits per heavy atom. The molecule has 1 aromatic rings. The summed E-state index contributed by atoms with van der Waals surface area (Å²) in [7, 11) is 1.45. The third-order valence-corrected chi connectivity index (χ3v) is 3.54. The first-order chi connectivity index (χ1) is 9.58. The molecule has 0 aliphatic heterocycles. The fourth-order valence-corrected chi connectivity index (χ4v) is 2.27. The van der Waals surface area contributed by atoms with Crippen molar-refractivity contribution in [3.8, 4) is 0 Å². The van der Waals surface area contributed by atoms with Gasteiger partial charge in [-0.15, -0.1) is 0 Å². The largest absolute Gasteiger partial charge is 0.383 e. The highest BCUT2D eigenvalue weighted by Gasteiger charge is 2.33. The minimum atomic E-state index is -0.734. The zero-order valence-corrected chi connectivity index (χ0v) is 11.9. The van der Waals surface area contributed by atoms with Crippen LogP contribution >= 0.6 is 0 Å². The number of amides is 1. The Morgan fingerprint density at radius 3 is 2.40 bits per heavy atom. The molecule has 110 valence electrons. The van der Waals surface area contributed by atoms with E-state index in [1.165, 1.54) is 7.05 Å². The predicted molar refractivity (Wildman–Crippen MR) is 74.9 cm³/mol. The van der Waals surface area contributed by atoms with Crippen molar-refractivity contribution in [2.75, 3.05) is 18.9 Å². The molecule has 1 aliphatic carbocycles. The molecule has 0 spiro atoms. The number of anilines is 1. The molecule has 1 aliphatic rings. The molecule has 1 fully saturated rings. The molecule has 0 unspecified atom stereocenters. The number of nitrogens with one attached hydrogen (secondary N) is 1. The Labute approximate surface area is 118 Å². The monoisotopic (exact) mass is 282 g/mol. The maximum atomic E-state index is 13.7. The molecule has 0 heterocycles. The van der Waals surface area contributed by atoms with Crippen LogP contribution in [0.5, 0.6) is 0 Å². The van der Waals surface area contributed by atoms with E-state index in [1.54, 1.807) is 4.90 Å². The van der Waals surface area contributed by atoms with E-state index in [-0.39, 0.29) is 23.2 Å². The van der Waals surface area contributed by atoms with Gasteiger partial charge < -0.3 is 10.2 Å². The smallest absolute Gasteiger partial charge is 0.254 e. The van der Waals surface area contributed by atoms with Gasteiger partial charge >= 0.3 is 0 Å². The molecule has 2 rings (SSSR count). The van der Waals surface area contributed by atoms with Gasteiger partial charge in [0.1, 0.15) is 17.3 Å². The summed E-state index contributed by atoms with van der Waals surface area (Å²) < 4.78 is 27.5. The molecule has 3 nitrogen and oxygen atoms in total. The maximum Gasteiger partial charge on any atom is 0.254 e. The van der Waals surface area contributed by atoms with Gasteiger partial charge in [0.15, 0.2) is 0 Å². The number of nitrogens with zero attached hydrogens (tertiary/aromatic N) is 1. The molecule has 0 radical (unpaired) electrons. The van der Waals surface area contributed by atoms with Crippen LogP contribution in [0, 0.1) is 11.6 Å². The van der Waals surface area contributed by atoms with E-state index in [1.807, 2.05) is 0 Å². The molecular weight excluding hydrogens is 262 g/mol. The number of hydrogen-bond donors (Lipinski definition) is 1. The predicted octanol–water partition coefficient (Wildman–Crippen LogP) is 3.41. The van der Waals surface area contributed by atoms with Gasteiger partial charge in [0, 0.05) is 25.2 Å². The summed E-state index contributed by atoms with van der Waals surface area (Å²) in [6.45, 7) is 2.70. The van der Waals surface area contributed by atoms with Gasteiger partial charge in [-0.1, -0.05) is 13.3 Å². The number of halogens is 2. The SMILES string of the molecule is CCCCN(C(=O)c1cc(F)c(NC)c(F)c1)C1CC1. The first-order valence-corrected chi connectivity index (χ1v) is 7.06. The number of benzene rings is 1. The Hall–Kier alpha value is -1.65. The van der Waals surface area contributed by atoms with Crippen LogP contribution in [-0.4, -0.2) is 30.4 Å². The number of carbonyl (C=O) groups excluding carboxylic acids is 1. The van der Waals surface area contributed by atoms with Gasteiger partial charge in [-0.25, -0.2) is 8.78 Å². The normalized spacial score (nSPS) is 14.2. The van der Waals surface area contributed by atoms with E-state index in [9.17, 15) is 13.6 Å². The van der Waals surface area contributed by atoms with Crippen LogP contribution in [0.3, 0.4) is 0 Å². The molecule has 1 aromatic carbocycles. The average Bonchev–Trinajstić information content (AvgIpc) is 3.23.